The van der Waals surface area contributed by atoms with E-state index in [2.05, 4.69) is 70.6 Å². The van der Waals surface area contributed by atoms with Gasteiger partial charge in [-0.3, -0.25) is 0 Å². The van der Waals surface area contributed by atoms with E-state index in [1.165, 1.54) is 29.5 Å². The molecule has 1 N–H and O–H groups in total. The molecule has 1 fully saturated rings. The number of benzene rings is 2. The van der Waals surface area contributed by atoms with Crippen LogP contribution in [0.5, 0.6) is 5.75 Å². The van der Waals surface area contributed by atoms with Crippen molar-refractivity contribution in [1.29, 1.82) is 0 Å². The van der Waals surface area contributed by atoms with Crippen LogP contribution in [-0.2, 0) is 0 Å². The Morgan fingerprint density at radius 1 is 1.14 bits per heavy atom. The van der Waals surface area contributed by atoms with Crippen LogP contribution in [0.1, 0.15) is 35.6 Å². The molecular weight excluding hydrogens is 326 g/mol. The Bertz CT molecular complexity index is 620. The van der Waals surface area contributed by atoms with Crippen LogP contribution < -0.4 is 10.1 Å². The van der Waals surface area contributed by atoms with Gasteiger partial charge >= 0.3 is 0 Å². The van der Waals surface area contributed by atoms with Crippen molar-refractivity contribution in [3.63, 3.8) is 0 Å². The fraction of sp³-hybridized carbons (Fsp3) is 0.333. The van der Waals surface area contributed by atoms with Crippen molar-refractivity contribution in [1.82, 2.24) is 5.32 Å². The second kappa shape index (κ2) is 6.20. The van der Waals surface area contributed by atoms with Crippen LogP contribution in [0.15, 0.2) is 46.9 Å². The molecule has 1 unspecified atom stereocenters. The maximum atomic E-state index is 5.81. The van der Waals surface area contributed by atoms with Gasteiger partial charge in [0.15, 0.2) is 0 Å². The first kappa shape index (κ1) is 14.6. The van der Waals surface area contributed by atoms with Crippen molar-refractivity contribution < 1.29 is 4.74 Å². The largest absolute Gasteiger partial charge is 0.490 e. The fourth-order valence-corrected chi connectivity index (χ4v) is 2.92. The summed E-state index contributed by atoms with van der Waals surface area (Å²) in [5, 5.41) is 3.41. The Morgan fingerprint density at radius 2 is 1.86 bits per heavy atom. The van der Waals surface area contributed by atoms with Crippen molar-refractivity contribution in [2.75, 3.05) is 7.05 Å². The van der Waals surface area contributed by atoms with Crippen LogP contribution in [0.3, 0.4) is 0 Å². The van der Waals surface area contributed by atoms with Crippen molar-refractivity contribution in [2.45, 2.75) is 31.9 Å². The molecule has 2 aromatic rings. The Hall–Kier alpha value is -1.32. The van der Waals surface area contributed by atoms with Gasteiger partial charge in [-0.05, 0) is 67.8 Å². The fourth-order valence-electron chi connectivity index (χ4n) is 2.54. The molecule has 0 radical (unpaired) electrons. The standard InChI is InChI=1S/C18H20BrNO/c1-12-3-6-14(19)11-17(12)18(20-2)13-4-7-15(8-5-13)21-16-9-10-16/h3-8,11,16,18,20H,9-10H2,1-2H3. The molecule has 110 valence electrons. The Morgan fingerprint density at radius 3 is 2.48 bits per heavy atom. The quantitative estimate of drug-likeness (QED) is 0.854. The number of nitrogens with one attached hydrogen (secondary N) is 1. The summed E-state index contributed by atoms with van der Waals surface area (Å²) in [4.78, 5) is 0. The highest BCUT2D eigenvalue weighted by molar-refractivity contribution is 9.10. The molecule has 0 heterocycles. The second-order valence-corrected chi connectivity index (χ2v) is 6.52. The van der Waals surface area contributed by atoms with Crippen LogP contribution in [0.25, 0.3) is 0 Å². The van der Waals surface area contributed by atoms with Crippen LogP contribution >= 0.6 is 15.9 Å². The summed E-state index contributed by atoms with van der Waals surface area (Å²) in [5.74, 6) is 0.974. The average molecular weight is 346 g/mol. The molecule has 1 atom stereocenters. The summed E-state index contributed by atoms with van der Waals surface area (Å²) in [5.41, 5.74) is 3.83. The smallest absolute Gasteiger partial charge is 0.119 e. The van der Waals surface area contributed by atoms with E-state index in [-0.39, 0.29) is 6.04 Å². The van der Waals surface area contributed by atoms with Gasteiger partial charge in [-0.1, -0.05) is 34.1 Å². The van der Waals surface area contributed by atoms with Gasteiger partial charge in [0.1, 0.15) is 5.75 Å². The molecule has 0 saturated heterocycles. The van der Waals surface area contributed by atoms with Gasteiger partial charge in [0.05, 0.1) is 12.1 Å². The molecular formula is C18H20BrNO. The van der Waals surface area contributed by atoms with Gasteiger partial charge in [0.2, 0.25) is 0 Å². The molecule has 2 aromatic carbocycles. The molecule has 3 heteroatoms. The predicted octanol–water partition coefficient (Wildman–Crippen LogP) is 4.61. The van der Waals surface area contributed by atoms with Gasteiger partial charge < -0.3 is 10.1 Å². The van der Waals surface area contributed by atoms with Crippen molar-refractivity contribution >= 4 is 15.9 Å². The number of halogens is 1. The maximum Gasteiger partial charge on any atom is 0.119 e. The van der Waals surface area contributed by atoms with Crippen molar-refractivity contribution in [2.24, 2.45) is 0 Å². The minimum absolute atomic E-state index is 0.192. The third-order valence-electron chi connectivity index (χ3n) is 3.88. The molecule has 2 nitrogen and oxygen atoms in total. The van der Waals surface area contributed by atoms with Crippen molar-refractivity contribution in [3.05, 3.63) is 63.6 Å². The summed E-state index contributed by atoms with van der Waals surface area (Å²) in [6, 6.07) is 15.1. The Kier molecular flexibility index (Phi) is 4.32. The first-order valence-corrected chi connectivity index (χ1v) is 8.16. The Labute approximate surface area is 134 Å². The minimum Gasteiger partial charge on any atom is -0.490 e. The lowest BCUT2D eigenvalue weighted by Gasteiger charge is -2.20. The molecule has 1 saturated carbocycles. The van der Waals surface area contributed by atoms with E-state index in [0.29, 0.717) is 6.10 Å². The number of hydrogen-bond donors (Lipinski definition) is 1. The lowest BCUT2D eigenvalue weighted by molar-refractivity contribution is 0.303. The predicted molar refractivity (Wildman–Crippen MR) is 89.9 cm³/mol. The summed E-state index contributed by atoms with van der Waals surface area (Å²) in [7, 11) is 2.00. The van der Waals surface area contributed by atoms with E-state index < -0.39 is 0 Å². The van der Waals surface area contributed by atoms with E-state index in [9.17, 15) is 0 Å². The molecule has 0 bridgehead atoms. The maximum absolute atomic E-state index is 5.81. The molecule has 1 aliphatic rings. The highest BCUT2D eigenvalue weighted by Crippen LogP contribution is 2.30. The molecule has 0 aromatic heterocycles. The average Bonchev–Trinajstić information content (AvgIpc) is 3.29. The molecule has 1 aliphatic carbocycles. The molecule has 0 spiro atoms. The zero-order valence-corrected chi connectivity index (χ0v) is 14.0. The van der Waals surface area contributed by atoms with E-state index in [1.54, 1.807) is 0 Å². The lowest BCUT2D eigenvalue weighted by atomic mass is 9.95. The third kappa shape index (κ3) is 3.47. The van der Waals surface area contributed by atoms with Crippen LogP contribution in [0.4, 0.5) is 0 Å². The first-order valence-electron chi connectivity index (χ1n) is 7.37. The van der Waals surface area contributed by atoms with Crippen molar-refractivity contribution in [3.8, 4) is 5.75 Å². The monoisotopic (exact) mass is 345 g/mol. The van der Waals surface area contributed by atoms with E-state index in [1.807, 2.05) is 7.05 Å². The zero-order chi connectivity index (χ0) is 14.8. The normalized spacial score (nSPS) is 15.8. The van der Waals surface area contributed by atoms with Crippen LogP contribution in [0, 0.1) is 6.92 Å². The van der Waals surface area contributed by atoms with Gasteiger partial charge in [0, 0.05) is 4.47 Å². The zero-order valence-electron chi connectivity index (χ0n) is 12.4. The molecule has 0 amide bonds. The highest BCUT2D eigenvalue weighted by Gasteiger charge is 2.23. The number of ether oxygens (including phenoxy) is 1. The van der Waals surface area contributed by atoms with Gasteiger partial charge in [0.25, 0.3) is 0 Å². The molecule has 3 rings (SSSR count). The summed E-state index contributed by atoms with van der Waals surface area (Å²) >= 11 is 3.56. The van der Waals surface area contributed by atoms with Crippen LogP contribution in [-0.4, -0.2) is 13.2 Å². The van der Waals surface area contributed by atoms with Gasteiger partial charge in [-0.25, -0.2) is 0 Å². The van der Waals surface area contributed by atoms with Gasteiger partial charge in [-0.15, -0.1) is 0 Å². The summed E-state index contributed by atoms with van der Waals surface area (Å²) < 4.78 is 6.92. The summed E-state index contributed by atoms with van der Waals surface area (Å²) in [6.07, 6.45) is 2.83. The minimum atomic E-state index is 0.192. The lowest BCUT2D eigenvalue weighted by Crippen LogP contribution is -2.18. The van der Waals surface area contributed by atoms with E-state index in [0.717, 1.165) is 10.2 Å². The summed E-state index contributed by atoms with van der Waals surface area (Å²) in [6.45, 7) is 2.15. The number of hydrogen-bond acceptors (Lipinski definition) is 2. The highest BCUT2D eigenvalue weighted by atomic mass is 79.9. The Balaban J connectivity index is 1.86. The van der Waals surface area contributed by atoms with E-state index in [4.69, 9.17) is 4.74 Å². The van der Waals surface area contributed by atoms with E-state index >= 15 is 0 Å². The van der Waals surface area contributed by atoms with Crippen LogP contribution in [0.2, 0.25) is 0 Å². The second-order valence-electron chi connectivity index (χ2n) is 5.61. The molecule has 21 heavy (non-hydrogen) atoms. The number of rotatable bonds is 5. The first-order chi connectivity index (χ1) is 10.2. The topological polar surface area (TPSA) is 21.3 Å². The third-order valence-corrected chi connectivity index (χ3v) is 4.37. The number of aryl methyl sites for hydroxylation is 1. The SMILES string of the molecule is CNC(c1ccc(OC2CC2)cc1)c1cc(Br)ccc1C. The van der Waals surface area contributed by atoms with Gasteiger partial charge in [-0.2, -0.15) is 0 Å². The molecule has 0 aliphatic heterocycles.